The van der Waals surface area contributed by atoms with Gasteiger partial charge in [0, 0.05) is 12.7 Å². The molecule has 5 nitrogen and oxygen atoms in total. The summed E-state index contributed by atoms with van der Waals surface area (Å²) >= 11 is 0. The number of rotatable bonds is 4. The van der Waals surface area contributed by atoms with Crippen molar-refractivity contribution in [2.24, 2.45) is 0 Å². The maximum absolute atomic E-state index is 10.8. The Labute approximate surface area is 85.9 Å². The van der Waals surface area contributed by atoms with Crippen LogP contribution in [0.5, 0.6) is 0 Å². The summed E-state index contributed by atoms with van der Waals surface area (Å²) in [6.07, 6.45) is -1.25. The van der Waals surface area contributed by atoms with Gasteiger partial charge < -0.3 is 14.9 Å². The monoisotopic (exact) mass is 210 g/mol. The second kappa shape index (κ2) is 4.56. The van der Waals surface area contributed by atoms with Crippen molar-refractivity contribution in [1.29, 1.82) is 0 Å². The van der Waals surface area contributed by atoms with Crippen LogP contribution in [0, 0.1) is 0 Å². The molecule has 0 radical (unpaired) electrons. The van der Waals surface area contributed by atoms with Crippen molar-refractivity contribution in [1.82, 2.24) is 0 Å². The van der Waals surface area contributed by atoms with Gasteiger partial charge in [-0.3, -0.25) is 0 Å². The van der Waals surface area contributed by atoms with Gasteiger partial charge in [0.15, 0.2) is 6.10 Å². The molecule has 0 aliphatic heterocycles. The van der Waals surface area contributed by atoms with Crippen LogP contribution in [0.25, 0.3) is 0 Å². The first-order valence-electron chi connectivity index (χ1n) is 4.15. The Bertz CT molecular complexity index is 385. The third-order valence-corrected chi connectivity index (χ3v) is 1.93. The number of aliphatic carboxylic acids is 1. The summed E-state index contributed by atoms with van der Waals surface area (Å²) in [5.41, 5.74) is 0.0757. The van der Waals surface area contributed by atoms with E-state index >= 15 is 0 Å². The van der Waals surface area contributed by atoms with Crippen molar-refractivity contribution in [3.8, 4) is 0 Å². The first-order valence-corrected chi connectivity index (χ1v) is 4.15. The summed E-state index contributed by atoms with van der Waals surface area (Å²) in [7, 11) is 1.22. The van der Waals surface area contributed by atoms with Crippen LogP contribution in [0.15, 0.2) is 24.3 Å². The lowest BCUT2D eigenvalue weighted by atomic mass is 10.0. The van der Waals surface area contributed by atoms with Crippen LogP contribution < -0.4 is 0 Å². The predicted molar refractivity (Wildman–Crippen MR) is 50.8 cm³/mol. The van der Waals surface area contributed by atoms with Crippen LogP contribution in [0.2, 0.25) is 0 Å². The molecule has 0 saturated carbocycles. The summed E-state index contributed by atoms with van der Waals surface area (Å²) < 4.78 is 4.73. The van der Waals surface area contributed by atoms with Gasteiger partial charge in [0.25, 0.3) is 0 Å². The van der Waals surface area contributed by atoms with Crippen molar-refractivity contribution in [2.45, 2.75) is 6.10 Å². The van der Waals surface area contributed by atoms with Gasteiger partial charge >= 0.3 is 11.9 Å². The number of carbonyl (C=O) groups is 2. The van der Waals surface area contributed by atoms with Crippen molar-refractivity contribution in [2.75, 3.05) is 7.11 Å². The fourth-order valence-electron chi connectivity index (χ4n) is 1.28. The third-order valence-electron chi connectivity index (χ3n) is 1.93. The zero-order chi connectivity index (χ0) is 11.4. The van der Waals surface area contributed by atoms with E-state index in [1.165, 1.54) is 25.3 Å². The third kappa shape index (κ3) is 2.32. The van der Waals surface area contributed by atoms with Crippen molar-refractivity contribution < 1.29 is 24.5 Å². The molecule has 2 N–H and O–H groups in total. The molecular weight excluding hydrogens is 200 g/mol. The molecule has 15 heavy (non-hydrogen) atoms. The molecule has 0 aliphatic carbocycles. The van der Waals surface area contributed by atoms with Gasteiger partial charge in [-0.05, 0) is 6.07 Å². The minimum Gasteiger partial charge on any atom is -0.479 e. The van der Waals surface area contributed by atoms with E-state index in [1.54, 1.807) is 6.07 Å². The Kier molecular flexibility index (Phi) is 3.41. The lowest BCUT2D eigenvalue weighted by molar-refractivity contribution is -0.148. The van der Waals surface area contributed by atoms with Gasteiger partial charge in [-0.15, -0.1) is 0 Å². The zero-order valence-electron chi connectivity index (χ0n) is 8.01. The van der Waals surface area contributed by atoms with E-state index in [9.17, 15) is 9.59 Å². The number of hydrogen-bond donors (Lipinski definition) is 2. The number of hydrogen-bond acceptors (Lipinski definition) is 3. The van der Waals surface area contributed by atoms with Crippen LogP contribution in [0.3, 0.4) is 0 Å². The van der Waals surface area contributed by atoms with Crippen LogP contribution in [-0.2, 0) is 9.53 Å². The highest BCUT2D eigenvalue weighted by molar-refractivity contribution is 5.91. The van der Waals surface area contributed by atoms with Gasteiger partial charge in [0.2, 0.25) is 0 Å². The van der Waals surface area contributed by atoms with E-state index in [0.717, 1.165) is 0 Å². The number of aromatic carboxylic acids is 1. The molecule has 0 aromatic heterocycles. The average Bonchev–Trinajstić information content (AvgIpc) is 2.18. The molecular formula is C10H10O5. The molecule has 0 amide bonds. The number of carboxylic acids is 2. The maximum atomic E-state index is 10.8. The molecule has 80 valence electrons. The van der Waals surface area contributed by atoms with E-state index in [0.29, 0.717) is 0 Å². The molecule has 0 spiro atoms. The van der Waals surface area contributed by atoms with E-state index in [-0.39, 0.29) is 11.1 Å². The molecule has 1 aromatic rings. The largest absolute Gasteiger partial charge is 0.479 e. The number of benzene rings is 1. The highest BCUT2D eigenvalue weighted by atomic mass is 16.5. The molecule has 1 aromatic carbocycles. The Morgan fingerprint density at radius 2 is 1.87 bits per heavy atom. The normalized spacial score (nSPS) is 12.1. The smallest absolute Gasteiger partial charge is 0.337 e. The van der Waals surface area contributed by atoms with Crippen molar-refractivity contribution in [3.05, 3.63) is 35.4 Å². The van der Waals surface area contributed by atoms with Gasteiger partial charge in [0.05, 0.1) is 5.56 Å². The molecule has 0 aliphatic rings. The average molecular weight is 210 g/mol. The lowest BCUT2D eigenvalue weighted by Gasteiger charge is -2.12. The van der Waals surface area contributed by atoms with Crippen molar-refractivity contribution >= 4 is 11.9 Å². The Hall–Kier alpha value is -1.88. The standard InChI is InChI=1S/C10H10O5/c1-15-8(10(13)14)6-4-2-3-5-7(6)9(11)12/h2-5,8H,1H3,(H,11,12)(H,13,14). The minimum absolute atomic E-state index is 0.0632. The van der Waals surface area contributed by atoms with Crippen molar-refractivity contribution in [3.63, 3.8) is 0 Å². The number of carboxylic acid groups (broad SMARTS) is 2. The molecule has 5 heteroatoms. The summed E-state index contributed by atoms with van der Waals surface area (Å²) in [5.74, 6) is -2.39. The Morgan fingerprint density at radius 1 is 1.27 bits per heavy atom. The SMILES string of the molecule is COC(C(=O)O)c1ccccc1C(=O)O. The van der Waals surface area contributed by atoms with E-state index in [4.69, 9.17) is 14.9 Å². The fraction of sp³-hybridized carbons (Fsp3) is 0.200. The molecule has 1 atom stereocenters. The predicted octanol–water partition coefficient (Wildman–Crippen LogP) is 1.16. The molecule has 1 unspecified atom stereocenters. The summed E-state index contributed by atoms with van der Waals surface area (Å²) in [5, 5.41) is 17.7. The van der Waals surface area contributed by atoms with Crippen LogP contribution in [0.4, 0.5) is 0 Å². The first-order chi connectivity index (χ1) is 7.07. The van der Waals surface area contributed by atoms with Crippen LogP contribution in [-0.4, -0.2) is 29.3 Å². The number of ether oxygens (including phenoxy) is 1. The molecule has 0 fully saturated rings. The topological polar surface area (TPSA) is 83.8 Å². The Balaban J connectivity index is 3.22. The summed E-state index contributed by atoms with van der Waals surface area (Å²) in [4.78, 5) is 21.6. The number of methoxy groups -OCH3 is 1. The fourth-order valence-corrected chi connectivity index (χ4v) is 1.28. The first kappa shape index (κ1) is 11.2. The lowest BCUT2D eigenvalue weighted by Crippen LogP contribution is -2.17. The summed E-state index contributed by atoms with van der Waals surface area (Å²) in [6, 6.07) is 5.86. The quantitative estimate of drug-likeness (QED) is 0.778. The summed E-state index contributed by atoms with van der Waals surface area (Å²) in [6.45, 7) is 0. The molecule has 1 rings (SSSR count). The highest BCUT2D eigenvalue weighted by Gasteiger charge is 2.24. The maximum Gasteiger partial charge on any atom is 0.337 e. The van der Waals surface area contributed by atoms with E-state index in [1.807, 2.05) is 0 Å². The van der Waals surface area contributed by atoms with Gasteiger partial charge in [-0.2, -0.15) is 0 Å². The second-order valence-corrected chi connectivity index (χ2v) is 2.85. The van der Waals surface area contributed by atoms with E-state index < -0.39 is 18.0 Å². The second-order valence-electron chi connectivity index (χ2n) is 2.85. The molecule has 0 saturated heterocycles. The van der Waals surface area contributed by atoms with Gasteiger partial charge in [-0.25, -0.2) is 9.59 Å². The van der Waals surface area contributed by atoms with Crippen LogP contribution in [0.1, 0.15) is 22.0 Å². The van der Waals surface area contributed by atoms with Crippen LogP contribution >= 0.6 is 0 Å². The van der Waals surface area contributed by atoms with E-state index in [2.05, 4.69) is 0 Å². The Morgan fingerprint density at radius 3 is 2.33 bits per heavy atom. The van der Waals surface area contributed by atoms with Gasteiger partial charge in [-0.1, -0.05) is 18.2 Å². The molecule has 0 bridgehead atoms. The minimum atomic E-state index is -1.25. The van der Waals surface area contributed by atoms with Gasteiger partial charge in [0.1, 0.15) is 0 Å². The highest BCUT2D eigenvalue weighted by Crippen LogP contribution is 2.21. The zero-order valence-corrected chi connectivity index (χ0v) is 8.01. The molecule has 0 heterocycles.